The smallest absolute Gasteiger partial charge is 0.302 e. The van der Waals surface area contributed by atoms with Crippen LogP contribution in [0.25, 0.3) is 11.3 Å². The molecule has 0 radical (unpaired) electrons. The molecule has 1 amide bonds. The van der Waals surface area contributed by atoms with Gasteiger partial charge >= 0.3 is 5.97 Å². The summed E-state index contributed by atoms with van der Waals surface area (Å²) in [5, 5.41) is 4.66. The van der Waals surface area contributed by atoms with Crippen LogP contribution in [0.5, 0.6) is 5.75 Å². The Kier molecular flexibility index (Phi) is 23.7. The number of fused-ring (bicyclic) bond motifs is 1. The Balaban J connectivity index is 0.000000306. The Morgan fingerprint density at radius 1 is 0.824 bits per heavy atom. The van der Waals surface area contributed by atoms with Crippen LogP contribution in [-0.2, 0) is 29.6 Å². The number of esters is 1. The number of aromatic nitrogens is 2. The first-order chi connectivity index (χ1) is 23.9. The highest BCUT2D eigenvalue weighted by molar-refractivity contribution is 9.36. The van der Waals surface area contributed by atoms with E-state index < -0.39 is 5.91 Å². The largest absolute Gasteiger partial charge is 0.492 e. The van der Waals surface area contributed by atoms with E-state index in [-0.39, 0.29) is 75.5 Å². The van der Waals surface area contributed by atoms with Crippen LogP contribution >= 0.6 is 161 Å². The summed E-state index contributed by atoms with van der Waals surface area (Å²) < 4.78 is 12.5. The highest BCUT2D eigenvalue weighted by Crippen LogP contribution is 3.30. The van der Waals surface area contributed by atoms with Crippen molar-refractivity contribution in [3.8, 4) is 17.0 Å². The van der Waals surface area contributed by atoms with Gasteiger partial charge in [0.1, 0.15) is 18.0 Å². The summed E-state index contributed by atoms with van der Waals surface area (Å²) in [5.41, 5.74) is 11.6. The van der Waals surface area contributed by atoms with Crippen LogP contribution in [0.15, 0.2) is 47.5 Å². The van der Waals surface area contributed by atoms with Crippen molar-refractivity contribution < 1.29 is 19.1 Å². The predicted octanol–water partition coefficient (Wildman–Crippen LogP) is 14.3. The predicted molar refractivity (Wildman–Crippen MR) is 285 cm³/mol. The minimum absolute atomic E-state index is 0.0247. The van der Waals surface area contributed by atoms with Crippen molar-refractivity contribution in [2.24, 2.45) is 17.8 Å². The standard InChI is InChI=1S/C23H22N4O4.H22P20/c1-13(28)31-12-14-4-6-15(7-5-14)20-22(30-3)21(27(2)26-20)19-10-16-8-9-17(23(24)29)11-18(16)25-19;1-12(2)17(11)20(18(13(3)4)14(5)6)19(15(7)8)16(9)10/h4-9,11H,10,12H2,1-3H3,(H2,24,29);1-11H2. The summed E-state index contributed by atoms with van der Waals surface area (Å²) in [6, 6.07) is 12.9. The fourth-order valence-electron chi connectivity index (χ4n) is 4.56. The fraction of sp³-hybridized carbons (Fsp3) is 0.217. The molecule has 1 aliphatic rings. The molecule has 28 heteroatoms. The number of benzene rings is 2. The molecule has 1 aliphatic heterocycles. The molecule has 0 spiro atoms. The number of aliphatic imine (C=N–C) groups is 1. The van der Waals surface area contributed by atoms with Gasteiger partial charge in [0.2, 0.25) is 5.91 Å². The molecule has 3 aromatic rings. The van der Waals surface area contributed by atoms with Gasteiger partial charge in [0, 0.05) is 31.5 Å². The summed E-state index contributed by atoms with van der Waals surface area (Å²) in [5.74, 6) is -0.178. The first kappa shape index (κ1) is 50.0. The minimum atomic E-state index is -0.482. The lowest BCUT2D eigenvalue weighted by molar-refractivity contribution is -0.142. The highest BCUT2D eigenvalue weighted by atomic mass is 33.4. The molecule has 2 aromatic carbocycles. The molecule has 0 bridgehead atoms. The minimum Gasteiger partial charge on any atom is -0.492 e. The van der Waals surface area contributed by atoms with E-state index in [4.69, 9.17) is 20.2 Å². The van der Waals surface area contributed by atoms with Crippen LogP contribution in [0.4, 0.5) is 5.69 Å². The van der Waals surface area contributed by atoms with Crippen molar-refractivity contribution in [2.75, 3.05) is 7.11 Å². The molecule has 8 nitrogen and oxygen atoms in total. The third kappa shape index (κ3) is 14.4. The first-order valence-electron chi connectivity index (χ1n) is 14.2. The number of methoxy groups -OCH3 is 1. The molecular weight excluding hydrogens is 1020 g/mol. The van der Waals surface area contributed by atoms with Crippen molar-refractivity contribution in [3.05, 3.63) is 64.8 Å². The van der Waals surface area contributed by atoms with Gasteiger partial charge in [0.15, 0.2) is 5.75 Å². The molecule has 4 rings (SSSR count). The van der Waals surface area contributed by atoms with Crippen molar-refractivity contribution in [3.63, 3.8) is 0 Å². The number of hydrogen-bond donors (Lipinski definition) is 1. The molecule has 0 aliphatic carbocycles. The van der Waals surface area contributed by atoms with Gasteiger partial charge < -0.3 is 15.2 Å². The van der Waals surface area contributed by atoms with E-state index in [2.05, 4.69) is 103 Å². The van der Waals surface area contributed by atoms with Gasteiger partial charge in [-0.25, -0.2) is 0 Å². The van der Waals surface area contributed by atoms with Crippen molar-refractivity contribution in [2.45, 2.75) is 20.0 Å². The molecule has 12 unspecified atom stereocenters. The first-order valence-corrected chi connectivity index (χ1v) is 49.7. The number of carbonyl (C=O) groups is 2. The number of aryl methyl sites for hydroxylation is 1. The number of nitrogens with two attached hydrogens (primary N) is 1. The maximum atomic E-state index is 11.5. The van der Waals surface area contributed by atoms with Crippen molar-refractivity contribution >= 4 is 184 Å². The topological polar surface area (TPSA) is 109 Å². The SMILES string of the molecule is COc1c(-c2ccc(COC(C)=O)cc2)nn(C)c1C1=Nc2cc(C(N)=O)ccc2C1.PP(P)P(P)P(P(P(P)P)P(P)P)P(P(P)P)P(P)P. The monoisotopic (exact) mass is 1060 g/mol. The van der Waals surface area contributed by atoms with Gasteiger partial charge in [-0.1, -0.05) is 30.3 Å². The summed E-state index contributed by atoms with van der Waals surface area (Å²) >= 11 is 0. The number of amides is 1. The number of primary amides is 1. The fourth-order valence-corrected chi connectivity index (χ4v) is 231. The Bertz CT molecular complexity index is 1660. The maximum absolute atomic E-state index is 11.5. The van der Waals surface area contributed by atoms with Gasteiger partial charge in [-0.05, 0) is 86.1 Å². The Morgan fingerprint density at radius 2 is 1.37 bits per heavy atom. The summed E-state index contributed by atoms with van der Waals surface area (Å²) in [6.45, 7) is 2.23. The van der Waals surface area contributed by atoms with Gasteiger partial charge in [0.05, 0.1) is 18.5 Å². The van der Waals surface area contributed by atoms with Crippen molar-refractivity contribution in [1.29, 1.82) is 0 Å². The van der Waals surface area contributed by atoms with E-state index in [1.165, 1.54) is 6.92 Å². The molecule has 2 N–H and O–H groups in total. The summed E-state index contributed by atoms with van der Waals surface area (Å²) in [7, 11) is 38.2. The average Bonchev–Trinajstić information content (AvgIpc) is 3.62. The van der Waals surface area contributed by atoms with E-state index in [9.17, 15) is 9.59 Å². The van der Waals surface area contributed by atoms with Crippen LogP contribution in [0.1, 0.15) is 34.1 Å². The number of hydrogen-bond acceptors (Lipinski definition) is 6. The van der Waals surface area contributed by atoms with Gasteiger partial charge in [0.25, 0.3) is 0 Å². The number of ether oxygens (including phenoxy) is 2. The quantitative estimate of drug-likeness (QED) is 0.128. The van der Waals surface area contributed by atoms with Gasteiger partial charge in [-0.3, -0.25) is 19.3 Å². The Hall–Kier alpha value is 4.66. The molecule has 2 heterocycles. The number of carbonyl (C=O) groups excluding carboxylic acids is 2. The lowest BCUT2D eigenvalue weighted by Crippen LogP contribution is -2.10. The van der Waals surface area contributed by atoms with Crippen LogP contribution in [0.2, 0.25) is 0 Å². The molecule has 0 fully saturated rings. The van der Waals surface area contributed by atoms with E-state index in [0.29, 0.717) is 23.4 Å². The average molecular weight is 1060 g/mol. The third-order valence-electron chi connectivity index (χ3n) is 6.70. The second-order valence-electron chi connectivity index (χ2n) is 10.3. The van der Waals surface area contributed by atoms with E-state index in [1.54, 1.807) is 23.9 Å². The van der Waals surface area contributed by atoms with Crippen LogP contribution in [0, 0.1) is 0 Å². The summed E-state index contributed by atoms with van der Waals surface area (Å²) in [6.07, 6.45) is 0.602. The van der Waals surface area contributed by atoms with E-state index in [1.807, 2.05) is 37.4 Å². The molecule has 280 valence electrons. The maximum Gasteiger partial charge on any atom is 0.302 e. The lowest BCUT2D eigenvalue weighted by atomic mass is 10.0. The Labute approximate surface area is 337 Å². The van der Waals surface area contributed by atoms with Gasteiger partial charge in [-0.2, -0.15) is 5.10 Å². The van der Waals surface area contributed by atoms with Crippen molar-refractivity contribution in [1.82, 2.24) is 9.78 Å². The molecule has 0 saturated heterocycles. The Morgan fingerprint density at radius 3 is 1.82 bits per heavy atom. The third-order valence-corrected chi connectivity index (χ3v) is 132. The normalized spacial score (nSPS) is 13.4. The molecule has 0 saturated carbocycles. The van der Waals surface area contributed by atoms with E-state index in [0.717, 1.165) is 33.8 Å². The van der Waals surface area contributed by atoms with Gasteiger partial charge in [-0.15, -0.1) is 98.2 Å². The molecule has 1 aromatic heterocycles. The molecule has 51 heavy (non-hydrogen) atoms. The highest BCUT2D eigenvalue weighted by Gasteiger charge is 2.41. The van der Waals surface area contributed by atoms with Crippen LogP contribution in [-0.4, -0.2) is 34.5 Å². The van der Waals surface area contributed by atoms with E-state index >= 15 is 0 Å². The number of nitrogens with zero attached hydrogens (tertiary/aromatic N) is 3. The lowest BCUT2D eigenvalue weighted by Gasteiger charge is -2.45. The summed E-state index contributed by atoms with van der Waals surface area (Å²) in [4.78, 5) is 27.2. The zero-order valence-electron chi connectivity index (χ0n) is 27.9. The molecule has 12 atom stereocenters. The molecular formula is C23H44N4O4P20. The second kappa shape index (κ2) is 24.2. The van der Waals surface area contributed by atoms with Crippen LogP contribution in [0.3, 0.4) is 0 Å². The van der Waals surface area contributed by atoms with Crippen LogP contribution < -0.4 is 10.5 Å². The zero-order valence-corrected chi connectivity index (χ0v) is 48.6. The number of rotatable bonds is 14. The second-order valence-corrected chi connectivity index (χ2v) is 89.0. The zero-order chi connectivity index (χ0) is 38.3.